The average molecular weight is 307 g/mol. The third kappa shape index (κ3) is 1.61. The van der Waals surface area contributed by atoms with Gasteiger partial charge in [-0.15, -0.1) is 5.10 Å². The van der Waals surface area contributed by atoms with Gasteiger partial charge in [0.15, 0.2) is 5.82 Å². The summed E-state index contributed by atoms with van der Waals surface area (Å²) in [6, 6.07) is 3.63. The summed E-state index contributed by atoms with van der Waals surface area (Å²) < 4.78 is 0. The topological polar surface area (TPSA) is 91.8 Å². The molecule has 2 aromatic rings. The van der Waals surface area contributed by atoms with Gasteiger partial charge < -0.3 is 0 Å². The van der Waals surface area contributed by atoms with E-state index in [1.165, 1.54) is 0 Å². The molecule has 1 saturated carbocycles. The molecule has 2 aromatic heterocycles. The number of pyridine rings is 1. The van der Waals surface area contributed by atoms with Crippen LogP contribution in [0.5, 0.6) is 0 Å². The van der Waals surface area contributed by atoms with Crippen molar-refractivity contribution >= 4 is 17.8 Å². The second-order valence-corrected chi connectivity index (χ2v) is 6.24. The molecule has 23 heavy (non-hydrogen) atoms. The first-order chi connectivity index (χ1) is 11.2. The Balaban J connectivity index is 1.51. The van der Waals surface area contributed by atoms with Gasteiger partial charge in [-0.25, -0.2) is 4.90 Å². The Morgan fingerprint density at radius 2 is 1.87 bits per heavy atom. The van der Waals surface area contributed by atoms with Crippen molar-refractivity contribution < 1.29 is 9.59 Å². The van der Waals surface area contributed by atoms with Crippen LogP contribution in [-0.4, -0.2) is 32.0 Å². The van der Waals surface area contributed by atoms with E-state index in [9.17, 15) is 9.59 Å². The summed E-state index contributed by atoms with van der Waals surface area (Å²) in [5.41, 5.74) is 0.757. The van der Waals surface area contributed by atoms with Crippen molar-refractivity contribution in [3.63, 3.8) is 0 Å². The zero-order valence-electron chi connectivity index (χ0n) is 12.1. The Hall–Kier alpha value is -2.83. The zero-order chi connectivity index (χ0) is 15.6. The average Bonchev–Trinajstić information content (AvgIpc) is 3.33. The molecule has 0 aromatic carbocycles. The number of H-pyrrole nitrogens is 1. The van der Waals surface area contributed by atoms with Crippen molar-refractivity contribution in [1.29, 1.82) is 0 Å². The minimum Gasteiger partial charge on any atom is -0.274 e. The number of anilines is 1. The summed E-state index contributed by atoms with van der Waals surface area (Å²) >= 11 is 0. The number of aromatic nitrogens is 4. The molecular formula is C16H13N5O2. The van der Waals surface area contributed by atoms with Crippen LogP contribution in [0.2, 0.25) is 0 Å². The maximum atomic E-state index is 12.7. The van der Waals surface area contributed by atoms with E-state index in [1.807, 2.05) is 6.07 Å². The predicted octanol–water partition coefficient (Wildman–Crippen LogP) is 1.18. The molecule has 2 amide bonds. The van der Waals surface area contributed by atoms with Gasteiger partial charge in [0.25, 0.3) is 5.95 Å². The third-order valence-corrected chi connectivity index (χ3v) is 5.08. The molecule has 2 fully saturated rings. The van der Waals surface area contributed by atoms with E-state index >= 15 is 0 Å². The molecule has 7 heteroatoms. The van der Waals surface area contributed by atoms with Crippen LogP contribution in [0.25, 0.3) is 11.4 Å². The summed E-state index contributed by atoms with van der Waals surface area (Å²) in [7, 11) is 0. The number of nitrogens with zero attached hydrogens (tertiary/aromatic N) is 4. The summed E-state index contributed by atoms with van der Waals surface area (Å²) in [6.45, 7) is 0. The number of carbonyl (C=O) groups excluding carboxylic acids is 2. The second kappa shape index (κ2) is 4.34. The van der Waals surface area contributed by atoms with E-state index in [0.717, 1.165) is 16.9 Å². The van der Waals surface area contributed by atoms with Crippen LogP contribution in [0.3, 0.4) is 0 Å². The molecule has 4 atom stereocenters. The van der Waals surface area contributed by atoms with Crippen molar-refractivity contribution in [2.24, 2.45) is 23.7 Å². The SMILES string of the molecule is O=C1[C@@H]2[C@H](C(=O)N1c1n[nH]c(-c3cccnc3)n1)[C@@H]1C=C[C@@H]2C1. The lowest BCUT2D eigenvalue weighted by Gasteiger charge is -2.14. The fourth-order valence-corrected chi connectivity index (χ4v) is 4.08. The van der Waals surface area contributed by atoms with Gasteiger partial charge in [-0.1, -0.05) is 12.2 Å². The number of amides is 2. The zero-order valence-corrected chi connectivity index (χ0v) is 12.1. The first kappa shape index (κ1) is 12.7. The number of carbonyl (C=O) groups is 2. The van der Waals surface area contributed by atoms with E-state index in [2.05, 4.69) is 32.3 Å². The molecule has 3 aliphatic rings. The van der Waals surface area contributed by atoms with Crippen molar-refractivity contribution in [2.75, 3.05) is 4.90 Å². The number of fused-ring (bicyclic) bond motifs is 5. The third-order valence-electron chi connectivity index (χ3n) is 5.08. The fourth-order valence-electron chi connectivity index (χ4n) is 4.08. The highest BCUT2D eigenvalue weighted by Crippen LogP contribution is 2.52. The molecule has 1 N–H and O–H groups in total. The summed E-state index contributed by atoms with van der Waals surface area (Å²) in [6.07, 6.45) is 8.36. The molecule has 3 heterocycles. The van der Waals surface area contributed by atoms with E-state index in [1.54, 1.807) is 18.5 Å². The molecule has 0 unspecified atom stereocenters. The van der Waals surface area contributed by atoms with Crippen molar-refractivity contribution in [1.82, 2.24) is 20.2 Å². The Bertz CT molecular complexity index is 813. The molecule has 5 rings (SSSR count). The monoisotopic (exact) mass is 307 g/mol. The number of rotatable bonds is 2. The first-order valence-electron chi connectivity index (χ1n) is 7.63. The van der Waals surface area contributed by atoms with E-state index in [-0.39, 0.29) is 41.4 Å². The van der Waals surface area contributed by atoms with Crippen molar-refractivity contribution in [3.05, 3.63) is 36.7 Å². The first-order valence-corrected chi connectivity index (χ1v) is 7.63. The Morgan fingerprint density at radius 3 is 2.52 bits per heavy atom. The number of allylic oxidation sites excluding steroid dienone is 2. The molecule has 1 saturated heterocycles. The van der Waals surface area contributed by atoms with Gasteiger partial charge in [-0.05, 0) is 30.4 Å². The van der Waals surface area contributed by atoms with Crippen LogP contribution < -0.4 is 4.90 Å². The molecule has 2 bridgehead atoms. The van der Waals surface area contributed by atoms with Crippen LogP contribution in [0.15, 0.2) is 36.7 Å². The molecule has 2 aliphatic carbocycles. The second-order valence-electron chi connectivity index (χ2n) is 6.24. The minimum atomic E-state index is -0.238. The Labute approximate surface area is 131 Å². The van der Waals surface area contributed by atoms with Gasteiger partial charge in [0, 0.05) is 18.0 Å². The van der Waals surface area contributed by atoms with Gasteiger partial charge in [0.2, 0.25) is 11.8 Å². The summed E-state index contributed by atoms with van der Waals surface area (Å²) in [4.78, 5) is 34.9. The molecular weight excluding hydrogens is 294 g/mol. The lowest BCUT2D eigenvalue weighted by Crippen LogP contribution is -2.33. The van der Waals surface area contributed by atoms with Gasteiger partial charge >= 0.3 is 0 Å². The number of hydrogen-bond donors (Lipinski definition) is 1. The highest BCUT2D eigenvalue weighted by atomic mass is 16.2. The normalized spacial score (nSPS) is 31.2. The smallest absolute Gasteiger partial charge is 0.258 e. The lowest BCUT2D eigenvalue weighted by molar-refractivity contribution is -0.123. The van der Waals surface area contributed by atoms with Crippen LogP contribution >= 0.6 is 0 Å². The number of hydrogen-bond acceptors (Lipinski definition) is 5. The molecule has 0 spiro atoms. The van der Waals surface area contributed by atoms with E-state index in [0.29, 0.717) is 5.82 Å². The van der Waals surface area contributed by atoms with E-state index < -0.39 is 0 Å². The number of nitrogens with one attached hydrogen (secondary N) is 1. The number of aromatic amines is 1. The Kier molecular flexibility index (Phi) is 2.40. The van der Waals surface area contributed by atoms with Gasteiger partial charge in [-0.2, -0.15) is 4.98 Å². The standard InChI is InChI=1S/C16H13N5O2/c22-14-11-8-3-4-9(6-8)12(11)15(23)21(14)16-18-13(19-20-16)10-2-1-5-17-7-10/h1-5,7-9,11-12H,6H2,(H,18,19,20)/t8-,9-,11-,12+/m1/s1. The fraction of sp³-hybridized carbons (Fsp3) is 0.312. The molecule has 114 valence electrons. The van der Waals surface area contributed by atoms with Gasteiger partial charge in [0.1, 0.15) is 0 Å². The highest BCUT2D eigenvalue weighted by Gasteiger charge is 2.60. The van der Waals surface area contributed by atoms with Crippen LogP contribution in [0.4, 0.5) is 5.95 Å². The Morgan fingerprint density at radius 1 is 1.13 bits per heavy atom. The molecule has 1 aliphatic heterocycles. The van der Waals surface area contributed by atoms with E-state index in [4.69, 9.17) is 0 Å². The van der Waals surface area contributed by atoms with Crippen LogP contribution in [0, 0.1) is 23.7 Å². The summed E-state index contributed by atoms with van der Waals surface area (Å²) in [5, 5.41) is 6.85. The maximum absolute atomic E-state index is 12.7. The predicted molar refractivity (Wildman–Crippen MR) is 79.8 cm³/mol. The van der Waals surface area contributed by atoms with Crippen LogP contribution in [0.1, 0.15) is 6.42 Å². The molecule has 7 nitrogen and oxygen atoms in total. The summed E-state index contributed by atoms with van der Waals surface area (Å²) in [5.74, 6) is 0.170. The van der Waals surface area contributed by atoms with Crippen molar-refractivity contribution in [2.45, 2.75) is 6.42 Å². The van der Waals surface area contributed by atoms with Crippen molar-refractivity contribution in [3.8, 4) is 11.4 Å². The van der Waals surface area contributed by atoms with Crippen LogP contribution in [-0.2, 0) is 9.59 Å². The highest BCUT2D eigenvalue weighted by molar-refractivity contribution is 6.21. The van der Waals surface area contributed by atoms with Gasteiger partial charge in [-0.3, -0.25) is 19.7 Å². The number of imide groups is 1. The minimum absolute atomic E-state index is 0.132. The largest absolute Gasteiger partial charge is 0.274 e. The maximum Gasteiger partial charge on any atom is 0.258 e. The lowest BCUT2D eigenvalue weighted by atomic mass is 9.85. The quantitative estimate of drug-likeness (QED) is 0.664. The molecule has 0 radical (unpaired) electrons. The van der Waals surface area contributed by atoms with Gasteiger partial charge in [0.05, 0.1) is 11.8 Å².